The van der Waals surface area contributed by atoms with Crippen LogP contribution in [0.1, 0.15) is 49.2 Å². The van der Waals surface area contributed by atoms with Crippen molar-refractivity contribution in [2.45, 2.75) is 39.3 Å². The number of carbonyl (C=O) groups excluding carboxylic acids is 2. The van der Waals surface area contributed by atoms with Crippen LogP contribution in [0.5, 0.6) is 5.75 Å². The molecule has 2 amide bonds. The first kappa shape index (κ1) is 26.5. The van der Waals surface area contributed by atoms with Crippen molar-refractivity contribution in [2.75, 3.05) is 24.7 Å². The Morgan fingerprint density at radius 1 is 0.944 bits per heavy atom. The Kier molecular flexibility index (Phi) is 8.14. The predicted octanol–water partition coefficient (Wildman–Crippen LogP) is 3.14. The number of amides is 2. The molecule has 0 unspecified atom stereocenters. The van der Waals surface area contributed by atoms with Crippen molar-refractivity contribution in [3.05, 3.63) is 80.1 Å². The summed E-state index contributed by atoms with van der Waals surface area (Å²) in [5.74, 6) is -1.27. The Morgan fingerprint density at radius 2 is 1.58 bits per heavy atom. The van der Waals surface area contributed by atoms with E-state index >= 15 is 0 Å². The average Bonchev–Trinajstić information content (AvgIpc) is 2.87. The minimum atomic E-state index is -0.790. The molecule has 0 bridgehead atoms. The van der Waals surface area contributed by atoms with Gasteiger partial charge in [-0.25, -0.2) is 0 Å². The number of hydrogen-bond donors (Lipinski definition) is 4. The molecular weight excluding hydrogens is 460 g/mol. The van der Waals surface area contributed by atoms with Gasteiger partial charge >= 0.3 is 0 Å². The first-order chi connectivity index (χ1) is 17.1. The summed E-state index contributed by atoms with van der Waals surface area (Å²) in [6.45, 7) is 5.64. The number of benzene rings is 2. The molecule has 0 aliphatic carbocycles. The van der Waals surface area contributed by atoms with Crippen LogP contribution in [-0.4, -0.2) is 42.0 Å². The molecule has 2 atom stereocenters. The maximum atomic E-state index is 13.2. The van der Waals surface area contributed by atoms with Crippen LogP contribution in [0.2, 0.25) is 0 Å². The number of phenols is 1. The lowest BCUT2D eigenvalue weighted by Gasteiger charge is -2.27. The zero-order valence-electron chi connectivity index (χ0n) is 21.1. The highest BCUT2D eigenvalue weighted by molar-refractivity contribution is 5.99. The molecule has 3 rings (SSSR count). The summed E-state index contributed by atoms with van der Waals surface area (Å²) in [5, 5.41) is 19.3. The Morgan fingerprint density at radius 3 is 2.17 bits per heavy atom. The Hall–Kier alpha value is -4.14. The molecule has 0 fully saturated rings. The number of anilines is 3. The first-order valence-electron chi connectivity index (χ1n) is 11.8. The smallest absolute Gasteiger partial charge is 0.257 e. The van der Waals surface area contributed by atoms with Gasteiger partial charge in [0.15, 0.2) is 5.75 Å². The van der Waals surface area contributed by atoms with Gasteiger partial charge in [-0.15, -0.1) is 0 Å². The van der Waals surface area contributed by atoms with Crippen molar-refractivity contribution in [3.63, 3.8) is 0 Å². The summed E-state index contributed by atoms with van der Waals surface area (Å²) in [4.78, 5) is 51.6. The van der Waals surface area contributed by atoms with Gasteiger partial charge in [0.1, 0.15) is 17.4 Å². The van der Waals surface area contributed by atoms with Gasteiger partial charge in [-0.2, -0.15) is 0 Å². The summed E-state index contributed by atoms with van der Waals surface area (Å²) in [6, 6.07) is 13.1. The second kappa shape index (κ2) is 11.1. The number of rotatable bonds is 10. The fourth-order valence-electron chi connectivity index (χ4n) is 3.90. The number of nitrogens with zero attached hydrogens (tertiary/aromatic N) is 1. The Balaban J connectivity index is 1.84. The van der Waals surface area contributed by atoms with Crippen molar-refractivity contribution in [2.24, 2.45) is 5.92 Å². The fraction of sp³-hybridized carbons (Fsp3) is 0.333. The summed E-state index contributed by atoms with van der Waals surface area (Å²) < 4.78 is 0. The molecule has 0 saturated heterocycles. The lowest BCUT2D eigenvalue weighted by Crippen LogP contribution is -2.47. The molecule has 3 aromatic rings. The van der Waals surface area contributed by atoms with Crippen molar-refractivity contribution in [1.29, 1.82) is 0 Å². The highest BCUT2D eigenvalue weighted by Crippen LogP contribution is 2.32. The molecule has 36 heavy (non-hydrogen) atoms. The number of hydrogen-bond acceptors (Lipinski definition) is 7. The molecule has 190 valence electrons. The standard InChI is InChI=1S/C27H32N4O5/c1-6-18(16-11-8-7-9-12-16)29-26(35)20(15(2)3)30-22-21(24(33)25(22)34)28-19-14-10-13-17(23(19)32)27(36)31(4)5/h7-15,18,20,28,30,32H,6H2,1-5H3,(H,29,35)/t18-,20+/m1/s1. The van der Waals surface area contributed by atoms with E-state index in [0.717, 1.165) is 5.56 Å². The second-order valence-electron chi connectivity index (χ2n) is 9.18. The second-order valence-corrected chi connectivity index (χ2v) is 9.18. The Bertz CT molecular complexity index is 1310. The summed E-state index contributed by atoms with van der Waals surface area (Å²) >= 11 is 0. The summed E-state index contributed by atoms with van der Waals surface area (Å²) in [7, 11) is 3.11. The van der Waals surface area contributed by atoms with E-state index in [4.69, 9.17) is 0 Å². The van der Waals surface area contributed by atoms with Crippen molar-refractivity contribution in [3.8, 4) is 5.75 Å². The molecule has 9 nitrogen and oxygen atoms in total. The highest BCUT2D eigenvalue weighted by Gasteiger charge is 2.30. The van der Waals surface area contributed by atoms with E-state index in [-0.39, 0.29) is 46.2 Å². The van der Waals surface area contributed by atoms with Crippen LogP contribution in [0.25, 0.3) is 0 Å². The molecule has 0 aliphatic rings. The van der Waals surface area contributed by atoms with E-state index in [0.29, 0.717) is 6.42 Å². The fourth-order valence-corrected chi connectivity index (χ4v) is 3.90. The van der Waals surface area contributed by atoms with Gasteiger partial charge in [-0.05, 0) is 30.0 Å². The first-order valence-corrected chi connectivity index (χ1v) is 11.8. The van der Waals surface area contributed by atoms with Crippen molar-refractivity contribution in [1.82, 2.24) is 10.2 Å². The number of aromatic hydroxyl groups is 1. The molecular formula is C27H32N4O5. The lowest BCUT2D eigenvalue weighted by atomic mass is 9.99. The highest BCUT2D eigenvalue weighted by atomic mass is 16.3. The van der Waals surface area contributed by atoms with Crippen LogP contribution < -0.4 is 26.8 Å². The quantitative estimate of drug-likeness (QED) is 0.253. The topological polar surface area (TPSA) is 128 Å². The average molecular weight is 493 g/mol. The maximum absolute atomic E-state index is 13.2. The summed E-state index contributed by atoms with van der Waals surface area (Å²) in [6.07, 6.45) is 0.675. The molecule has 4 N–H and O–H groups in total. The number of nitrogens with one attached hydrogen (secondary N) is 3. The van der Waals surface area contributed by atoms with E-state index in [1.54, 1.807) is 20.2 Å². The third-order valence-electron chi connectivity index (χ3n) is 6.02. The maximum Gasteiger partial charge on any atom is 0.257 e. The minimum absolute atomic E-state index is 0.0367. The van der Waals surface area contributed by atoms with Gasteiger partial charge in [0.25, 0.3) is 16.8 Å². The third-order valence-corrected chi connectivity index (χ3v) is 6.02. The van der Waals surface area contributed by atoms with Crippen molar-refractivity contribution >= 4 is 28.9 Å². The van der Waals surface area contributed by atoms with Crippen LogP contribution in [0.15, 0.2) is 58.1 Å². The van der Waals surface area contributed by atoms with Gasteiger partial charge in [-0.3, -0.25) is 19.2 Å². The van der Waals surface area contributed by atoms with E-state index < -0.39 is 22.8 Å². The van der Waals surface area contributed by atoms with E-state index in [9.17, 15) is 24.3 Å². The number of carbonyl (C=O) groups is 2. The van der Waals surface area contributed by atoms with Crippen LogP contribution >= 0.6 is 0 Å². The molecule has 0 heterocycles. The molecule has 3 aromatic carbocycles. The molecule has 0 aromatic heterocycles. The molecule has 0 spiro atoms. The monoisotopic (exact) mass is 492 g/mol. The van der Waals surface area contributed by atoms with E-state index in [1.165, 1.54) is 17.0 Å². The molecule has 0 saturated carbocycles. The van der Waals surface area contributed by atoms with Gasteiger partial charge < -0.3 is 26.0 Å². The van der Waals surface area contributed by atoms with E-state index in [1.807, 2.05) is 51.1 Å². The van der Waals surface area contributed by atoms with Gasteiger partial charge in [0.05, 0.1) is 17.3 Å². The minimum Gasteiger partial charge on any atom is -0.505 e. The SMILES string of the molecule is CC[C@@H](NC(=O)[C@@H](Nc1c(Nc2cccc(C(=O)N(C)C)c2O)c(=O)c1=O)C(C)C)c1ccccc1. The molecule has 0 radical (unpaired) electrons. The number of phenolic OH excluding ortho intramolecular Hbond substituents is 1. The van der Waals surface area contributed by atoms with Crippen LogP contribution in [0, 0.1) is 5.92 Å². The molecule has 0 aliphatic heterocycles. The predicted molar refractivity (Wildman–Crippen MR) is 141 cm³/mol. The summed E-state index contributed by atoms with van der Waals surface area (Å²) in [5.41, 5.74) is -0.535. The van der Waals surface area contributed by atoms with Crippen LogP contribution in [0.3, 0.4) is 0 Å². The van der Waals surface area contributed by atoms with E-state index in [2.05, 4.69) is 16.0 Å². The number of para-hydroxylation sites is 1. The Labute approximate surface area is 209 Å². The van der Waals surface area contributed by atoms with Gasteiger partial charge in [-0.1, -0.05) is 57.2 Å². The lowest BCUT2D eigenvalue weighted by molar-refractivity contribution is -0.123. The zero-order valence-corrected chi connectivity index (χ0v) is 21.1. The molecule has 9 heteroatoms. The largest absolute Gasteiger partial charge is 0.505 e. The third kappa shape index (κ3) is 5.40. The van der Waals surface area contributed by atoms with Crippen LogP contribution in [-0.2, 0) is 4.79 Å². The van der Waals surface area contributed by atoms with Crippen molar-refractivity contribution < 1.29 is 14.7 Å². The van der Waals surface area contributed by atoms with Gasteiger partial charge in [0, 0.05) is 14.1 Å². The zero-order chi connectivity index (χ0) is 26.6. The van der Waals surface area contributed by atoms with Gasteiger partial charge in [0.2, 0.25) is 5.91 Å². The normalized spacial score (nSPS) is 12.7. The van der Waals surface area contributed by atoms with Crippen LogP contribution in [0.4, 0.5) is 17.1 Å².